The van der Waals surface area contributed by atoms with Crippen molar-refractivity contribution in [3.8, 4) is 0 Å². The number of urea groups is 1. The molecule has 0 radical (unpaired) electrons. The number of nitrogens with one attached hydrogen (secondary N) is 1. The van der Waals surface area contributed by atoms with Gasteiger partial charge in [0, 0.05) is 0 Å². The van der Waals surface area contributed by atoms with Gasteiger partial charge in [0.2, 0.25) is 0 Å². The number of hydrogen-bond donors (Lipinski definition) is 4. The number of anilines is 1. The lowest BCUT2D eigenvalue weighted by Gasteiger charge is -2.15. The predicted molar refractivity (Wildman–Crippen MR) is 63.9 cm³/mol. The molecular formula is C10H12N2O5S. The first-order valence-corrected chi connectivity index (χ1v) is 6.10. The molecule has 1 aromatic heterocycles. The Morgan fingerprint density at radius 2 is 1.94 bits per heavy atom. The van der Waals surface area contributed by atoms with Crippen molar-refractivity contribution in [3.63, 3.8) is 0 Å². The molecule has 1 saturated heterocycles. The molecule has 2 amide bonds. The van der Waals surface area contributed by atoms with Crippen LogP contribution in [0, 0.1) is 0 Å². The van der Waals surface area contributed by atoms with E-state index in [2.05, 4.69) is 5.32 Å². The molecule has 2 rings (SSSR count). The molecule has 1 aromatic rings. The molecule has 18 heavy (non-hydrogen) atoms. The van der Waals surface area contributed by atoms with Crippen molar-refractivity contribution >= 4 is 28.3 Å². The first-order valence-electron chi connectivity index (χ1n) is 5.22. The van der Waals surface area contributed by atoms with E-state index < -0.39 is 24.2 Å². The van der Waals surface area contributed by atoms with E-state index in [9.17, 15) is 19.8 Å². The van der Waals surface area contributed by atoms with Gasteiger partial charge in [0.1, 0.15) is 5.00 Å². The van der Waals surface area contributed by atoms with Gasteiger partial charge in [-0.05, 0) is 11.4 Å². The van der Waals surface area contributed by atoms with Crippen LogP contribution in [-0.2, 0) is 0 Å². The largest absolute Gasteiger partial charge is 0.478 e. The molecule has 98 valence electrons. The molecule has 1 aliphatic rings. The van der Waals surface area contributed by atoms with Crippen molar-refractivity contribution in [2.75, 3.05) is 18.4 Å². The molecule has 7 nitrogen and oxygen atoms in total. The van der Waals surface area contributed by atoms with Crippen LogP contribution in [0.25, 0.3) is 0 Å². The van der Waals surface area contributed by atoms with Crippen LogP contribution in [-0.4, -0.2) is 57.5 Å². The Morgan fingerprint density at radius 3 is 2.50 bits per heavy atom. The number of nitrogens with zero attached hydrogens (tertiary/aromatic N) is 1. The Balaban J connectivity index is 2.04. The maximum absolute atomic E-state index is 11.8. The summed E-state index contributed by atoms with van der Waals surface area (Å²) in [6.45, 7) is 0.0571. The predicted octanol–water partition coefficient (Wildman–Crippen LogP) is 0.0156. The highest BCUT2D eigenvalue weighted by molar-refractivity contribution is 7.14. The SMILES string of the molecule is O=C(O)c1ccsc1NC(=O)N1CC(O)C(O)C1. The summed E-state index contributed by atoms with van der Waals surface area (Å²) < 4.78 is 0. The number of aromatic carboxylic acids is 1. The minimum absolute atomic E-state index is 0.0219. The van der Waals surface area contributed by atoms with E-state index in [1.54, 1.807) is 5.38 Å². The number of carboxylic acid groups (broad SMARTS) is 1. The van der Waals surface area contributed by atoms with Gasteiger partial charge < -0.3 is 20.2 Å². The number of thiophene rings is 1. The minimum atomic E-state index is -1.12. The fraction of sp³-hybridized carbons (Fsp3) is 0.400. The third-order valence-electron chi connectivity index (χ3n) is 2.66. The van der Waals surface area contributed by atoms with Crippen LogP contribution in [0.2, 0.25) is 0 Å². The highest BCUT2D eigenvalue weighted by Gasteiger charge is 2.33. The second-order valence-electron chi connectivity index (χ2n) is 3.94. The summed E-state index contributed by atoms with van der Waals surface area (Å²) in [4.78, 5) is 23.9. The number of carbonyl (C=O) groups is 2. The molecule has 2 atom stereocenters. The van der Waals surface area contributed by atoms with Crippen LogP contribution < -0.4 is 5.32 Å². The Labute approximate surface area is 106 Å². The van der Waals surface area contributed by atoms with Crippen LogP contribution in [0.3, 0.4) is 0 Å². The number of β-amino-alcohol motifs (C(OH)–C–C–N with tert-alkyl or cyclic N) is 2. The third kappa shape index (κ3) is 2.45. The molecule has 4 N–H and O–H groups in total. The van der Waals surface area contributed by atoms with Crippen LogP contribution in [0.15, 0.2) is 11.4 Å². The number of aliphatic hydroxyl groups is 2. The fourth-order valence-corrected chi connectivity index (χ4v) is 2.45. The highest BCUT2D eigenvalue weighted by Crippen LogP contribution is 2.24. The van der Waals surface area contributed by atoms with Gasteiger partial charge in [-0.3, -0.25) is 5.32 Å². The fourth-order valence-electron chi connectivity index (χ4n) is 1.69. The molecule has 0 spiro atoms. The molecular weight excluding hydrogens is 260 g/mol. The highest BCUT2D eigenvalue weighted by atomic mass is 32.1. The number of amides is 2. The van der Waals surface area contributed by atoms with Crippen molar-refractivity contribution in [3.05, 3.63) is 17.0 Å². The van der Waals surface area contributed by atoms with Gasteiger partial charge in [-0.25, -0.2) is 9.59 Å². The molecule has 2 unspecified atom stereocenters. The lowest BCUT2D eigenvalue weighted by molar-refractivity contribution is 0.0572. The van der Waals surface area contributed by atoms with Crippen LogP contribution >= 0.6 is 11.3 Å². The van der Waals surface area contributed by atoms with E-state index in [1.807, 2.05) is 0 Å². The number of rotatable bonds is 2. The lowest BCUT2D eigenvalue weighted by atomic mass is 10.3. The average molecular weight is 272 g/mol. The van der Waals surface area contributed by atoms with Crippen molar-refractivity contribution in [1.82, 2.24) is 4.90 Å². The van der Waals surface area contributed by atoms with Crippen molar-refractivity contribution in [2.24, 2.45) is 0 Å². The summed E-state index contributed by atoms with van der Waals surface area (Å²) in [7, 11) is 0. The van der Waals surface area contributed by atoms with Gasteiger partial charge in [0.05, 0.1) is 30.9 Å². The minimum Gasteiger partial charge on any atom is -0.478 e. The zero-order valence-electron chi connectivity index (χ0n) is 9.24. The number of carbonyl (C=O) groups excluding carboxylic acids is 1. The normalized spacial score (nSPS) is 23.1. The number of likely N-dealkylation sites (tertiary alicyclic amines) is 1. The Hall–Kier alpha value is -1.64. The summed E-state index contributed by atoms with van der Waals surface area (Å²) in [5.41, 5.74) is 0.0219. The van der Waals surface area contributed by atoms with Gasteiger partial charge in [-0.15, -0.1) is 11.3 Å². The molecule has 0 saturated carbocycles. The van der Waals surface area contributed by atoms with E-state index in [0.29, 0.717) is 0 Å². The zero-order chi connectivity index (χ0) is 13.3. The van der Waals surface area contributed by atoms with Crippen LogP contribution in [0.4, 0.5) is 9.80 Å². The van der Waals surface area contributed by atoms with E-state index >= 15 is 0 Å². The van der Waals surface area contributed by atoms with Crippen molar-refractivity contribution in [2.45, 2.75) is 12.2 Å². The van der Waals surface area contributed by atoms with Gasteiger partial charge >= 0.3 is 12.0 Å². The first kappa shape index (κ1) is 12.8. The molecule has 2 heterocycles. The summed E-state index contributed by atoms with van der Waals surface area (Å²) in [5, 5.41) is 31.8. The summed E-state index contributed by atoms with van der Waals surface area (Å²) in [6, 6.07) is 0.867. The Bertz CT molecular complexity index is 465. The molecule has 0 aliphatic carbocycles. The van der Waals surface area contributed by atoms with E-state index in [0.717, 1.165) is 11.3 Å². The Kier molecular flexibility index (Phi) is 3.50. The van der Waals surface area contributed by atoms with Gasteiger partial charge in [0.15, 0.2) is 0 Å². The van der Waals surface area contributed by atoms with Gasteiger partial charge in [0.25, 0.3) is 0 Å². The third-order valence-corrected chi connectivity index (χ3v) is 3.49. The summed E-state index contributed by atoms with van der Waals surface area (Å²) in [5.74, 6) is -1.12. The number of carboxylic acids is 1. The molecule has 1 fully saturated rings. The maximum atomic E-state index is 11.8. The number of aliphatic hydroxyl groups excluding tert-OH is 2. The van der Waals surface area contributed by atoms with Crippen LogP contribution in [0.1, 0.15) is 10.4 Å². The van der Waals surface area contributed by atoms with Crippen molar-refractivity contribution in [1.29, 1.82) is 0 Å². The lowest BCUT2D eigenvalue weighted by Crippen LogP contribution is -2.34. The smallest absolute Gasteiger partial charge is 0.338 e. The van der Waals surface area contributed by atoms with E-state index in [4.69, 9.17) is 5.11 Å². The van der Waals surface area contributed by atoms with Gasteiger partial charge in [-0.1, -0.05) is 0 Å². The molecule has 0 bridgehead atoms. The molecule has 1 aliphatic heterocycles. The van der Waals surface area contributed by atoms with E-state index in [1.165, 1.54) is 11.0 Å². The second-order valence-corrected chi connectivity index (χ2v) is 4.85. The summed E-state index contributed by atoms with van der Waals surface area (Å²) in [6.07, 6.45) is -1.92. The van der Waals surface area contributed by atoms with Gasteiger partial charge in [-0.2, -0.15) is 0 Å². The summed E-state index contributed by atoms with van der Waals surface area (Å²) >= 11 is 1.10. The second kappa shape index (κ2) is 4.92. The standard InChI is InChI=1S/C10H12N2O5S/c13-6-3-12(4-7(6)14)10(17)11-8-5(9(15)16)1-2-18-8/h1-2,6-7,13-14H,3-4H2,(H,11,17)(H,15,16). The molecule has 8 heteroatoms. The zero-order valence-corrected chi connectivity index (χ0v) is 10.1. The van der Waals surface area contributed by atoms with Crippen LogP contribution in [0.5, 0.6) is 0 Å². The van der Waals surface area contributed by atoms with E-state index in [-0.39, 0.29) is 23.7 Å². The molecule has 0 aromatic carbocycles. The quantitative estimate of drug-likeness (QED) is 0.606. The Morgan fingerprint density at radius 1 is 1.33 bits per heavy atom. The first-order chi connectivity index (χ1) is 8.49. The average Bonchev–Trinajstić information content (AvgIpc) is 2.87. The number of hydrogen-bond acceptors (Lipinski definition) is 5. The van der Waals surface area contributed by atoms with Crippen molar-refractivity contribution < 1.29 is 24.9 Å². The topological polar surface area (TPSA) is 110 Å². The maximum Gasteiger partial charge on any atom is 0.338 e. The monoisotopic (exact) mass is 272 g/mol.